The second kappa shape index (κ2) is 7.06. The molecule has 0 saturated heterocycles. The minimum Gasteiger partial charge on any atom is -0.478 e. The van der Waals surface area contributed by atoms with Crippen LogP contribution in [0.3, 0.4) is 0 Å². The summed E-state index contributed by atoms with van der Waals surface area (Å²) in [6.07, 6.45) is 2.63. The number of nitrogen functional groups attached to an aromatic ring is 1. The van der Waals surface area contributed by atoms with Crippen LogP contribution in [0.5, 0.6) is 5.88 Å². The minimum absolute atomic E-state index is 0.647. The number of hydrogen-bond acceptors (Lipinski definition) is 4. The van der Waals surface area contributed by atoms with E-state index in [2.05, 4.69) is 23.7 Å². The number of rotatable bonds is 7. The lowest BCUT2D eigenvalue weighted by Gasteiger charge is -2.17. The van der Waals surface area contributed by atoms with Crippen LogP contribution in [0.4, 0.5) is 5.69 Å². The molecule has 1 heterocycles. The minimum atomic E-state index is 0.647. The van der Waals surface area contributed by atoms with Gasteiger partial charge in [0.25, 0.3) is 0 Å². The van der Waals surface area contributed by atoms with E-state index < -0.39 is 0 Å². The first-order chi connectivity index (χ1) is 7.76. The molecule has 1 aromatic rings. The summed E-state index contributed by atoms with van der Waals surface area (Å²) in [6.45, 7) is 8.31. The molecule has 0 unspecified atom stereocenters. The average Bonchev–Trinajstić information content (AvgIpc) is 2.32. The molecule has 0 aliphatic carbocycles. The number of pyridine rings is 1. The van der Waals surface area contributed by atoms with Gasteiger partial charge in [-0.1, -0.05) is 13.8 Å². The van der Waals surface area contributed by atoms with Crippen LogP contribution in [0, 0.1) is 0 Å². The van der Waals surface area contributed by atoms with Gasteiger partial charge in [-0.05, 0) is 25.6 Å². The van der Waals surface area contributed by atoms with Crippen LogP contribution in [0.15, 0.2) is 18.3 Å². The molecular weight excluding hydrogens is 202 g/mol. The van der Waals surface area contributed by atoms with E-state index in [1.54, 1.807) is 18.3 Å². The molecule has 16 heavy (non-hydrogen) atoms. The number of hydrogen-bond donors (Lipinski definition) is 1. The summed E-state index contributed by atoms with van der Waals surface area (Å²) in [7, 11) is 0. The van der Waals surface area contributed by atoms with Gasteiger partial charge in [-0.3, -0.25) is 0 Å². The standard InChI is InChI=1S/C12H21N3O/c1-3-15(4-2)8-5-9-16-12-7-6-11(13)10-14-12/h6-7,10H,3-5,8-9,13H2,1-2H3. The molecule has 0 atom stereocenters. The van der Waals surface area contributed by atoms with Crippen molar-refractivity contribution in [2.45, 2.75) is 20.3 Å². The van der Waals surface area contributed by atoms with E-state index in [0.717, 1.165) is 26.1 Å². The SMILES string of the molecule is CCN(CC)CCCOc1ccc(N)cn1. The summed E-state index contributed by atoms with van der Waals surface area (Å²) in [5.41, 5.74) is 6.20. The summed E-state index contributed by atoms with van der Waals surface area (Å²) in [6, 6.07) is 3.60. The Bertz CT molecular complexity index is 283. The highest BCUT2D eigenvalue weighted by Crippen LogP contribution is 2.08. The van der Waals surface area contributed by atoms with Crippen LogP contribution < -0.4 is 10.5 Å². The van der Waals surface area contributed by atoms with Gasteiger partial charge in [0.2, 0.25) is 5.88 Å². The number of aromatic nitrogens is 1. The summed E-state index contributed by atoms with van der Waals surface area (Å²) in [5, 5.41) is 0. The maximum absolute atomic E-state index is 5.53. The van der Waals surface area contributed by atoms with Gasteiger partial charge >= 0.3 is 0 Å². The number of nitrogens with two attached hydrogens (primary N) is 1. The van der Waals surface area contributed by atoms with Crippen LogP contribution in [0.25, 0.3) is 0 Å². The second-order valence-electron chi connectivity index (χ2n) is 3.66. The molecule has 0 radical (unpaired) electrons. The Labute approximate surface area is 97.4 Å². The van der Waals surface area contributed by atoms with Crippen molar-refractivity contribution in [3.05, 3.63) is 18.3 Å². The van der Waals surface area contributed by atoms with E-state index in [1.807, 2.05) is 0 Å². The molecular formula is C12H21N3O. The first-order valence-corrected chi connectivity index (χ1v) is 5.83. The van der Waals surface area contributed by atoms with Crippen molar-refractivity contribution in [3.8, 4) is 5.88 Å². The summed E-state index contributed by atoms with van der Waals surface area (Å²) < 4.78 is 5.51. The predicted molar refractivity (Wildman–Crippen MR) is 66.5 cm³/mol. The van der Waals surface area contributed by atoms with Gasteiger partial charge in [0.1, 0.15) is 0 Å². The van der Waals surface area contributed by atoms with Crippen LogP contribution in [-0.4, -0.2) is 36.1 Å². The summed E-state index contributed by atoms with van der Waals surface area (Å²) in [5.74, 6) is 0.647. The van der Waals surface area contributed by atoms with Crippen LogP contribution >= 0.6 is 0 Å². The van der Waals surface area contributed by atoms with E-state index in [-0.39, 0.29) is 0 Å². The molecule has 0 fully saturated rings. The molecule has 0 bridgehead atoms. The van der Waals surface area contributed by atoms with E-state index in [1.165, 1.54) is 0 Å². The van der Waals surface area contributed by atoms with Crippen molar-refractivity contribution in [1.82, 2.24) is 9.88 Å². The third-order valence-corrected chi connectivity index (χ3v) is 2.52. The molecule has 1 rings (SSSR count). The number of ether oxygens (including phenoxy) is 1. The van der Waals surface area contributed by atoms with E-state index in [0.29, 0.717) is 18.2 Å². The molecule has 0 saturated carbocycles. The van der Waals surface area contributed by atoms with Crippen molar-refractivity contribution in [1.29, 1.82) is 0 Å². The van der Waals surface area contributed by atoms with Crippen LogP contribution in [0.1, 0.15) is 20.3 Å². The van der Waals surface area contributed by atoms with Gasteiger partial charge in [-0.15, -0.1) is 0 Å². The Morgan fingerprint density at radius 2 is 2.06 bits per heavy atom. The first-order valence-electron chi connectivity index (χ1n) is 5.83. The Hall–Kier alpha value is -1.29. The topological polar surface area (TPSA) is 51.4 Å². The van der Waals surface area contributed by atoms with Crippen molar-refractivity contribution < 1.29 is 4.74 Å². The largest absolute Gasteiger partial charge is 0.478 e. The molecule has 1 aromatic heterocycles. The molecule has 2 N–H and O–H groups in total. The first kappa shape index (κ1) is 12.8. The molecule has 90 valence electrons. The molecule has 0 aliphatic rings. The Morgan fingerprint density at radius 3 is 2.62 bits per heavy atom. The summed E-state index contributed by atoms with van der Waals surface area (Å²) >= 11 is 0. The monoisotopic (exact) mass is 223 g/mol. The average molecular weight is 223 g/mol. The molecule has 0 aromatic carbocycles. The molecule has 4 nitrogen and oxygen atoms in total. The van der Waals surface area contributed by atoms with Gasteiger partial charge in [0, 0.05) is 12.6 Å². The quantitative estimate of drug-likeness (QED) is 0.716. The maximum Gasteiger partial charge on any atom is 0.213 e. The van der Waals surface area contributed by atoms with Crippen molar-refractivity contribution in [2.75, 3.05) is 32.0 Å². The summed E-state index contributed by atoms with van der Waals surface area (Å²) in [4.78, 5) is 6.45. The lowest BCUT2D eigenvalue weighted by atomic mass is 10.4. The molecule has 0 aliphatic heterocycles. The van der Waals surface area contributed by atoms with Crippen molar-refractivity contribution >= 4 is 5.69 Å². The van der Waals surface area contributed by atoms with E-state index in [9.17, 15) is 0 Å². The highest BCUT2D eigenvalue weighted by molar-refractivity contribution is 5.35. The third kappa shape index (κ3) is 4.49. The molecule has 0 amide bonds. The molecule has 4 heteroatoms. The normalized spacial score (nSPS) is 10.7. The van der Waals surface area contributed by atoms with E-state index >= 15 is 0 Å². The predicted octanol–water partition coefficient (Wildman–Crippen LogP) is 1.77. The zero-order valence-electron chi connectivity index (χ0n) is 10.1. The zero-order chi connectivity index (χ0) is 11.8. The lowest BCUT2D eigenvalue weighted by Crippen LogP contribution is -2.25. The highest BCUT2D eigenvalue weighted by atomic mass is 16.5. The van der Waals surface area contributed by atoms with Crippen molar-refractivity contribution in [2.24, 2.45) is 0 Å². The fraction of sp³-hybridized carbons (Fsp3) is 0.583. The van der Waals surface area contributed by atoms with Crippen LogP contribution in [0.2, 0.25) is 0 Å². The van der Waals surface area contributed by atoms with Gasteiger partial charge < -0.3 is 15.4 Å². The Balaban J connectivity index is 2.18. The fourth-order valence-electron chi connectivity index (χ4n) is 1.48. The third-order valence-electron chi connectivity index (χ3n) is 2.52. The lowest BCUT2D eigenvalue weighted by molar-refractivity contribution is 0.244. The maximum atomic E-state index is 5.53. The smallest absolute Gasteiger partial charge is 0.213 e. The fourth-order valence-corrected chi connectivity index (χ4v) is 1.48. The van der Waals surface area contributed by atoms with Gasteiger partial charge in [0.05, 0.1) is 18.5 Å². The van der Waals surface area contributed by atoms with Crippen molar-refractivity contribution in [3.63, 3.8) is 0 Å². The Morgan fingerprint density at radius 1 is 1.31 bits per heavy atom. The van der Waals surface area contributed by atoms with Gasteiger partial charge in [-0.2, -0.15) is 0 Å². The Kier molecular flexibility index (Phi) is 5.64. The number of anilines is 1. The van der Waals surface area contributed by atoms with E-state index in [4.69, 9.17) is 10.5 Å². The highest BCUT2D eigenvalue weighted by Gasteiger charge is 1.99. The van der Waals surface area contributed by atoms with Crippen LogP contribution in [-0.2, 0) is 0 Å². The molecule has 0 spiro atoms. The zero-order valence-corrected chi connectivity index (χ0v) is 10.1. The van der Waals surface area contributed by atoms with Gasteiger partial charge in [-0.25, -0.2) is 4.98 Å². The van der Waals surface area contributed by atoms with Gasteiger partial charge in [0.15, 0.2) is 0 Å². The number of nitrogens with zero attached hydrogens (tertiary/aromatic N) is 2. The second-order valence-corrected chi connectivity index (χ2v) is 3.66.